The summed E-state index contributed by atoms with van der Waals surface area (Å²) in [7, 11) is 0. The lowest BCUT2D eigenvalue weighted by Gasteiger charge is -2.43. The minimum Gasteiger partial charge on any atom is -0.375 e. The molecule has 3 heterocycles. The highest BCUT2D eigenvalue weighted by atomic mass is 15.2. The topological polar surface area (TPSA) is 11.4 Å². The first-order valence-corrected chi connectivity index (χ1v) is 26.4. The Labute approximate surface area is 432 Å². The molecular formula is C69H64BN3. The van der Waals surface area contributed by atoms with Gasteiger partial charge in [-0.3, -0.25) is 0 Å². The van der Waals surface area contributed by atoms with Crippen molar-refractivity contribution in [3.63, 3.8) is 0 Å². The molecule has 358 valence electrons. The minimum atomic E-state index is -0.261. The van der Waals surface area contributed by atoms with E-state index in [1.807, 2.05) is 0 Å². The third-order valence-corrected chi connectivity index (χ3v) is 16.6. The smallest absolute Gasteiger partial charge is 0.333 e. The van der Waals surface area contributed by atoms with Gasteiger partial charge in [-0.15, -0.1) is 0 Å². The molecule has 13 rings (SSSR count). The van der Waals surface area contributed by atoms with E-state index in [0.29, 0.717) is 0 Å². The van der Waals surface area contributed by atoms with Crippen LogP contribution in [0.15, 0.2) is 188 Å². The van der Waals surface area contributed by atoms with E-state index in [-0.39, 0.29) is 28.5 Å². The van der Waals surface area contributed by atoms with Crippen molar-refractivity contribution in [3.8, 4) is 33.4 Å². The average molecular weight is 946 g/mol. The van der Waals surface area contributed by atoms with Crippen LogP contribution in [-0.2, 0) is 21.7 Å². The molecule has 3 nitrogen and oxygen atoms in total. The molecule has 0 N–H and O–H groups in total. The molecular weight excluding hydrogens is 882 g/mol. The summed E-state index contributed by atoms with van der Waals surface area (Å²) >= 11 is 0. The van der Waals surface area contributed by atoms with Crippen LogP contribution in [0.1, 0.15) is 104 Å². The van der Waals surface area contributed by atoms with Crippen LogP contribution in [0.5, 0.6) is 0 Å². The van der Waals surface area contributed by atoms with Crippen molar-refractivity contribution in [2.45, 2.75) is 97.8 Å². The van der Waals surface area contributed by atoms with Gasteiger partial charge in [0.25, 0.3) is 0 Å². The zero-order valence-electron chi connectivity index (χ0n) is 44.3. The summed E-state index contributed by atoms with van der Waals surface area (Å²) in [4.78, 5) is 5.09. The van der Waals surface area contributed by atoms with Gasteiger partial charge in [0.2, 0.25) is 0 Å². The Kier molecular flexibility index (Phi) is 9.76. The molecule has 10 aromatic rings. The van der Waals surface area contributed by atoms with Gasteiger partial charge in [0, 0.05) is 66.8 Å². The van der Waals surface area contributed by atoms with Gasteiger partial charge in [-0.2, -0.15) is 0 Å². The number of benzene rings is 9. The van der Waals surface area contributed by atoms with Gasteiger partial charge in [0.15, 0.2) is 0 Å². The van der Waals surface area contributed by atoms with E-state index in [4.69, 9.17) is 0 Å². The first kappa shape index (κ1) is 45.3. The number of aromatic nitrogens is 1. The molecule has 73 heavy (non-hydrogen) atoms. The fraction of sp³-hybridized carbons (Fsp3) is 0.217. The molecule has 0 atom stereocenters. The highest BCUT2D eigenvalue weighted by Crippen LogP contribution is 2.58. The Bertz CT molecular complexity index is 3840. The summed E-state index contributed by atoms with van der Waals surface area (Å²) in [6.07, 6.45) is 0. The molecule has 4 heteroatoms. The van der Waals surface area contributed by atoms with Crippen molar-refractivity contribution in [1.29, 1.82) is 0 Å². The fourth-order valence-corrected chi connectivity index (χ4v) is 12.8. The largest absolute Gasteiger partial charge is 0.375 e. The quantitative estimate of drug-likeness (QED) is 0.159. The summed E-state index contributed by atoms with van der Waals surface area (Å²) in [5, 5.41) is 2.66. The number of hydrogen-bond donors (Lipinski definition) is 0. The van der Waals surface area contributed by atoms with E-state index in [1.165, 1.54) is 111 Å². The predicted octanol–water partition coefficient (Wildman–Crippen LogP) is 17.5. The summed E-state index contributed by atoms with van der Waals surface area (Å²) in [6, 6.07) is 71.8. The van der Waals surface area contributed by atoms with Gasteiger partial charge >= 0.3 is 6.85 Å². The number of para-hydroxylation sites is 2. The predicted molar refractivity (Wildman–Crippen MR) is 314 cm³/mol. The zero-order chi connectivity index (χ0) is 50.5. The maximum atomic E-state index is 2.76. The summed E-state index contributed by atoms with van der Waals surface area (Å²) < 4.78 is 2.76. The first-order valence-electron chi connectivity index (χ1n) is 26.4. The standard InChI is InChI=1S/C69H64BN3/c1-66(2,3)44-31-35-58(51(37-44)43-23-15-12-16-24-43)72-60-41-49(71(47-25-17-13-18-26-47)48-27-19-14-20-28-48)33-34-57(60)70-64-61(72)42-53-50-29-21-22-30-56(50)69(10,11)63(53)62(64)55-40-46(68(7,8)9)39-54-52-38-45(67(4,5)6)32-36-59(52)73(70)65(54)55/h12-42H,1-11H3. The van der Waals surface area contributed by atoms with E-state index in [2.05, 4.69) is 278 Å². The van der Waals surface area contributed by atoms with Crippen molar-refractivity contribution in [3.05, 3.63) is 216 Å². The normalized spacial score (nSPS) is 14.3. The minimum absolute atomic E-state index is 0.0171. The van der Waals surface area contributed by atoms with E-state index in [9.17, 15) is 0 Å². The van der Waals surface area contributed by atoms with Crippen molar-refractivity contribution in [2.75, 3.05) is 9.80 Å². The second-order valence-electron chi connectivity index (χ2n) is 24.6. The van der Waals surface area contributed by atoms with Crippen LogP contribution in [-0.4, -0.2) is 11.3 Å². The van der Waals surface area contributed by atoms with Crippen molar-refractivity contribution >= 4 is 73.7 Å². The maximum Gasteiger partial charge on any atom is 0.333 e. The molecule has 0 amide bonds. The monoisotopic (exact) mass is 946 g/mol. The lowest BCUT2D eigenvalue weighted by molar-refractivity contribution is 0.590. The third kappa shape index (κ3) is 6.79. The Morgan fingerprint density at radius 3 is 1.67 bits per heavy atom. The fourth-order valence-electron chi connectivity index (χ4n) is 12.8. The van der Waals surface area contributed by atoms with E-state index < -0.39 is 0 Å². The third-order valence-electron chi connectivity index (χ3n) is 16.6. The number of anilines is 6. The molecule has 0 unspecified atom stereocenters. The lowest BCUT2D eigenvalue weighted by atomic mass is 9.44. The van der Waals surface area contributed by atoms with Crippen molar-refractivity contribution in [1.82, 2.24) is 4.48 Å². The van der Waals surface area contributed by atoms with Gasteiger partial charge < -0.3 is 14.3 Å². The van der Waals surface area contributed by atoms with Gasteiger partial charge in [0.05, 0.1) is 5.69 Å². The molecule has 2 aliphatic heterocycles. The molecule has 0 fully saturated rings. The molecule has 0 saturated heterocycles. The zero-order valence-corrected chi connectivity index (χ0v) is 44.3. The molecule has 0 bridgehead atoms. The van der Waals surface area contributed by atoms with Crippen LogP contribution in [0.3, 0.4) is 0 Å². The van der Waals surface area contributed by atoms with Crippen LogP contribution in [0, 0.1) is 0 Å². The Morgan fingerprint density at radius 1 is 0.438 bits per heavy atom. The van der Waals surface area contributed by atoms with Crippen LogP contribution in [0.25, 0.3) is 55.2 Å². The number of nitrogens with zero attached hydrogens (tertiary/aromatic N) is 3. The van der Waals surface area contributed by atoms with Crippen LogP contribution in [0.4, 0.5) is 34.1 Å². The molecule has 9 aromatic carbocycles. The van der Waals surface area contributed by atoms with Gasteiger partial charge in [-0.25, -0.2) is 0 Å². The Morgan fingerprint density at radius 2 is 1.01 bits per heavy atom. The molecule has 1 aliphatic carbocycles. The highest BCUT2D eigenvalue weighted by molar-refractivity contribution is 6.90. The summed E-state index contributed by atoms with van der Waals surface area (Å²) in [5.41, 5.74) is 26.4. The van der Waals surface area contributed by atoms with Crippen molar-refractivity contribution in [2.24, 2.45) is 0 Å². The highest BCUT2D eigenvalue weighted by Gasteiger charge is 2.49. The lowest BCUT2D eigenvalue weighted by Crippen LogP contribution is -2.57. The van der Waals surface area contributed by atoms with E-state index in [1.54, 1.807) is 0 Å². The second-order valence-corrected chi connectivity index (χ2v) is 24.6. The molecule has 3 aliphatic rings. The van der Waals surface area contributed by atoms with Gasteiger partial charge in [-0.1, -0.05) is 185 Å². The summed E-state index contributed by atoms with van der Waals surface area (Å²) in [6.45, 7) is 26.0. The molecule has 0 saturated carbocycles. The summed E-state index contributed by atoms with van der Waals surface area (Å²) in [5.74, 6) is 0. The van der Waals surface area contributed by atoms with Crippen LogP contribution >= 0.6 is 0 Å². The number of fused-ring (bicyclic) bond motifs is 11. The Hall–Kier alpha value is -7.56. The van der Waals surface area contributed by atoms with Crippen LogP contribution < -0.4 is 20.7 Å². The van der Waals surface area contributed by atoms with E-state index in [0.717, 1.165) is 17.1 Å². The average Bonchev–Trinajstić information content (AvgIpc) is 3.84. The molecule has 0 radical (unpaired) electrons. The molecule has 0 spiro atoms. The van der Waals surface area contributed by atoms with E-state index >= 15 is 0 Å². The van der Waals surface area contributed by atoms with Gasteiger partial charge in [0.1, 0.15) is 0 Å². The van der Waals surface area contributed by atoms with Crippen molar-refractivity contribution < 1.29 is 0 Å². The Balaban J connectivity index is 1.23. The number of hydrogen-bond acceptors (Lipinski definition) is 2. The second kappa shape index (κ2) is 15.7. The molecule has 1 aromatic heterocycles. The maximum absolute atomic E-state index is 2.76. The first-order chi connectivity index (χ1) is 34.9. The van der Waals surface area contributed by atoms with Crippen LogP contribution in [0.2, 0.25) is 0 Å². The number of rotatable bonds is 5. The SMILES string of the molecule is CC(C)(C)c1ccc(N2c3cc(N(c4ccccc4)c4ccccc4)ccc3B3c4c2cc2c(c4-c4cc(C(C)(C)C)cc5c6cc(C(C)(C)C)ccc6n3c45)C(C)(C)c3ccccc3-2)c(-c2ccccc2)c1. The van der Waals surface area contributed by atoms with Gasteiger partial charge in [-0.05, 0) is 156 Å².